The molecule has 8 heteroatoms. The Morgan fingerprint density at radius 1 is 1.32 bits per heavy atom. The highest BCUT2D eigenvalue weighted by atomic mass is 35.5. The molecule has 6 nitrogen and oxygen atoms in total. The van der Waals surface area contributed by atoms with E-state index in [1.165, 1.54) is 31.2 Å². The van der Waals surface area contributed by atoms with Crippen LogP contribution in [0.15, 0.2) is 36.4 Å². The zero-order valence-corrected chi connectivity index (χ0v) is 13.8. The van der Waals surface area contributed by atoms with Crippen LogP contribution in [0.2, 0.25) is 5.02 Å². The number of nitrogen functional groups attached to an aromatic ring is 1. The number of nitrogens with zero attached hydrogens (tertiary/aromatic N) is 1. The van der Waals surface area contributed by atoms with Gasteiger partial charge in [0.25, 0.3) is 5.91 Å². The molecule has 0 spiro atoms. The molecule has 0 aliphatic heterocycles. The number of halogens is 2. The summed E-state index contributed by atoms with van der Waals surface area (Å²) in [7, 11) is 0. The second-order valence-corrected chi connectivity index (χ2v) is 5.48. The molecule has 0 fully saturated rings. The number of carbonyl (C=O) groups is 2. The van der Waals surface area contributed by atoms with Crippen molar-refractivity contribution in [3.05, 3.63) is 58.4 Å². The number of rotatable bonds is 4. The summed E-state index contributed by atoms with van der Waals surface area (Å²) in [6.45, 7) is 1.37. The van der Waals surface area contributed by atoms with Crippen molar-refractivity contribution in [3.8, 4) is 6.07 Å². The number of nitriles is 1. The molecular weight excluding hydrogens is 349 g/mol. The summed E-state index contributed by atoms with van der Waals surface area (Å²) in [6, 6.07) is 9.48. The molecule has 128 valence electrons. The van der Waals surface area contributed by atoms with Crippen molar-refractivity contribution < 1.29 is 18.7 Å². The normalized spacial score (nSPS) is 11.3. The molecule has 1 atom stereocenters. The standard InChI is InChI=1S/C17H13ClFN3O3/c1-9(25-17(24)13-5-3-11(19)6-15(13)21)16(23)22-12-4-2-10(8-20)14(18)7-12/h2-7,9H,21H2,1H3,(H,22,23). The van der Waals surface area contributed by atoms with Gasteiger partial charge in [-0.1, -0.05) is 11.6 Å². The number of anilines is 2. The maximum absolute atomic E-state index is 13.0. The summed E-state index contributed by atoms with van der Waals surface area (Å²) >= 11 is 5.88. The fraction of sp³-hybridized carbons (Fsp3) is 0.118. The first-order valence-corrected chi connectivity index (χ1v) is 7.46. The van der Waals surface area contributed by atoms with Gasteiger partial charge in [0.05, 0.1) is 16.1 Å². The molecule has 0 saturated carbocycles. The molecule has 25 heavy (non-hydrogen) atoms. The minimum Gasteiger partial charge on any atom is -0.449 e. The quantitative estimate of drug-likeness (QED) is 0.643. The Morgan fingerprint density at radius 2 is 2.04 bits per heavy atom. The number of nitrogens with two attached hydrogens (primary N) is 1. The molecule has 0 radical (unpaired) electrons. The van der Waals surface area contributed by atoms with Crippen LogP contribution in [0.5, 0.6) is 0 Å². The van der Waals surface area contributed by atoms with Crippen LogP contribution >= 0.6 is 11.6 Å². The van der Waals surface area contributed by atoms with E-state index in [4.69, 9.17) is 27.3 Å². The first-order chi connectivity index (χ1) is 11.8. The number of benzene rings is 2. The maximum atomic E-state index is 13.0. The zero-order chi connectivity index (χ0) is 18.6. The largest absolute Gasteiger partial charge is 0.449 e. The Labute approximate surface area is 148 Å². The van der Waals surface area contributed by atoms with Crippen LogP contribution in [0.3, 0.4) is 0 Å². The topological polar surface area (TPSA) is 105 Å². The third-order valence-electron chi connectivity index (χ3n) is 3.24. The van der Waals surface area contributed by atoms with E-state index in [1.54, 1.807) is 0 Å². The van der Waals surface area contributed by atoms with Crippen molar-refractivity contribution in [3.63, 3.8) is 0 Å². The van der Waals surface area contributed by atoms with Gasteiger partial charge >= 0.3 is 5.97 Å². The van der Waals surface area contributed by atoms with E-state index in [-0.39, 0.29) is 21.8 Å². The van der Waals surface area contributed by atoms with E-state index in [1.807, 2.05) is 6.07 Å². The number of hydrogen-bond acceptors (Lipinski definition) is 5. The predicted molar refractivity (Wildman–Crippen MR) is 90.5 cm³/mol. The Morgan fingerprint density at radius 3 is 2.64 bits per heavy atom. The molecule has 0 heterocycles. The van der Waals surface area contributed by atoms with Gasteiger partial charge in [-0.2, -0.15) is 5.26 Å². The van der Waals surface area contributed by atoms with Gasteiger partial charge in [0, 0.05) is 11.4 Å². The highest BCUT2D eigenvalue weighted by Crippen LogP contribution is 2.21. The lowest BCUT2D eigenvalue weighted by atomic mass is 10.2. The van der Waals surface area contributed by atoms with E-state index >= 15 is 0 Å². The number of hydrogen-bond donors (Lipinski definition) is 2. The maximum Gasteiger partial charge on any atom is 0.341 e. The van der Waals surface area contributed by atoms with E-state index < -0.39 is 23.8 Å². The fourth-order valence-corrected chi connectivity index (χ4v) is 2.15. The smallest absolute Gasteiger partial charge is 0.341 e. The minimum atomic E-state index is -1.13. The van der Waals surface area contributed by atoms with Crippen LogP contribution in [0, 0.1) is 17.1 Å². The Balaban J connectivity index is 2.04. The van der Waals surface area contributed by atoms with Crippen LogP contribution in [-0.4, -0.2) is 18.0 Å². The van der Waals surface area contributed by atoms with Crippen LogP contribution < -0.4 is 11.1 Å². The van der Waals surface area contributed by atoms with Gasteiger partial charge in [0.2, 0.25) is 0 Å². The summed E-state index contributed by atoms with van der Waals surface area (Å²) in [5, 5.41) is 11.5. The molecule has 0 aliphatic rings. The van der Waals surface area contributed by atoms with Crippen LogP contribution in [0.4, 0.5) is 15.8 Å². The minimum absolute atomic E-state index is 0.0394. The second kappa shape index (κ2) is 7.64. The van der Waals surface area contributed by atoms with Gasteiger partial charge < -0.3 is 15.8 Å². The first-order valence-electron chi connectivity index (χ1n) is 7.08. The van der Waals surface area contributed by atoms with Gasteiger partial charge in [-0.05, 0) is 43.3 Å². The third kappa shape index (κ3) is 4.46. The second-order valence-electron chi connectivity index (χ2n) is 5.07. The molecular formula is C17H13ClFN3O3. The number of esters is 1. The summed E-state index contributed by atoms with van der Waals surface area (Å²) in [5.74, 6) is -2.04. The van der Waals surface area contributed by atoms with Crippen molar-refractivity contribution in [1.29, 1.82) is 5.26 Å². The van der Waals surface area contributed by atoms with Crippen molar-refractivity contribution in [2.75, 3.05) is 11.1 Å². The highest BCUT2D eigenvalue weighted by Gasteiger charge is 2.21. The Hall–Kier alpha value is -3.11. The van der Waals surface area contributed by atoms with Gasteiger partial charge in [-0.3, -0.25) is 4.79 Å². The average Bonchev–Trinajstić information content (AvgIpc) is 2.54. The van der Waals surface area contributed by atoms with Crippen LogP contribution in [0.1, 0.15) is 22.8 Å². The van der Waals surface area contributed by atoms with Gasteiger partial charge in [0.15, 0.2) is 6.10 Å². The molecule has 2 rings (SSSR count). The summed E-state index contributed by atoms with van der Waals surface area (Å²) < 4.78 is 18.0. The van der Waals surface area contributed by atoms with Crippen LogP contribution in [0.25, 0.3) is 0 Å². The molecule has 3 N–H and O–H groups in total. The number of nitrogens with one attached hydrogen (secondary N) is 1. The Kier molecular flexibility index (Phi) is 5.57. The molecule has 0 aromatic heterocycles. The highest BCUT2D eigenvalue weighted by molar-refractivity contribution is 6.32. The SMILES string of the molecule is CC(OC(=O)c1ccc(F)cc1N)C(=O)Nc1ccc(C#N)c(Cl)c1. The average molecular weight is 362 g/mol. The molecule has 1 amide bonds. The third-order valence-corrected chi connectivity index (χ3v) is 3.56. The summed E-state index contributed by atoms with van der Waals surface area (Å²) in [4.78, 5) is 24.1. The molecule has 0 bridgehead atoms. The lowest BCUT2D eigenvalue weighted by Gasteiger charge is -2.14. The summed E-state index contributed by atoms with van der Waals surface area (Å²) in [5.41, 5.74) is 6.05. The molecule has 1 unspecified atom stereocenters. The van der Waals surface area contributed by atoms with Crippen molar-refractivity contribution in [1.82, 2.24) is 0 Å². The predicted octanol–water partition coefficient (Wildman–Crippen LogP) is 3.12. The van der Waals surface area contributed by atoms with Crippen molar-refractivity contribution in [2.45, 2.75) is 13.0 Å². The lowest BCUT2D eigenvalue weighted by molar-refractivity contribution is -0.123. The molecule has 0 saturated heterocycles. The van der Waals surface area contributed by atoms with Crippen molar-refractivity contribution in [2.24, 2.45) is 0 Å². The molecule has 2 aromatic carbocycles. The Bertz CT molecular complexity index is 880. The fourth-order valence-electron chi connectivity index (χ4n) is 1.92. The first kappa shape index (κ1) is 18.2. The lowest BCUT2D eigenvalue weighted by Crippen LogP contribution is -2.30. The molecule has 2 aromatic rings. The van der Waals surface area contributed by atoms with E-state index in [0.29, 0.717) is 5.69 Å². The van der Waals surface area contributed by atoms with Gasteiger partial charge in [-0.15, -0.1) is 0 Å². The summed E-state index contributed by atoms with van der Waals surface area (Å²) in [6.07, 6.45) is -1.13. The zero-order valence-electron chi connectivity index (χ0n) is 13.0. The van der Waals surface area contributed by atoms with Gasteiger partial charge in [-0.25, -0.2) is 9.18 Å². The van der Waals surface area contributed by atoms with E-state index in [2.05, 4.69) is 5.32 Å². The van der Waals surface area contributed by atoms with E-state index in [9.17, 15) is 14.0 Å². The molecule has 0 aliphatic carbocycles. The van der Waals surface area contributed by atoms with Gasteiger partial charge in [0.1, 0.15) is 11.9 Å². The van der Waals surface area contributed by atoms with Crippen molar-refractivity contribution >= 4 is 34.9 Å². The number of ether oxygens (including phenoxy) is 1. The van der Waals surface area contributed by atoms with Crippen LogP contribution in [-0.2, 0) is 9.53 Å². The number of amides is 1. The number of carbonyl (C=O) groups excluding carboxylic acids is 2. The van der Waals surface area contributed by atoms with E-state index in [0.717, 1.165) is 12.1 Å². The monoisotopic (exact) mass is 361 g/mol.